The van der Waals surface area contributed by atoms with Gasteiger partial charge in [0.05, 0.1) is 0 Å². The number of rotatable bonds is 0. The first-order valence-corrected chi connectivity index (χ1v) is 1.24. The first-order chi connectivity index (χ1) is 2.64. The molecular formula is C2H8N3O2+. The van der Waals surface area contributed by atoms with Crippen LogP contribution < -0.4 is 17.6 Å². The molecule has 0 radical (unpaired) electrons. The lowest BCUT2D eigenvalue weighted by molar-refractivity contribution is -0.135. The summed E-state index contributed by atoms with van der Waals surface area (Å²) in [6.45, 7) is 0. The minimum atomic E-state index is -1.10. The topological polar surface area (TPSA) is 123 Å². The molecule has 0 saturated heterocycles. The van der Waals surface area contributed by atoms with Crippen molar-refractivity contribution in [1.82, 2.24) is 6.15 Å². The highest BCUT2D eigenvalue weighted by Gasteiger charge is 1.96. The second-order valence-corrected chi connectivity index (χ2v) is 0.729. The highest BCUT2D eigenvalue weighted by molar-refractivity contribution is 6.33. The van der Waals surface area contributed by atoms with Gasteiger partial charge in [0.15, 0.2) is 0 Å². The van der Waals surface area contributed by atoms with E-state index in [1.807, 2.05) is 0 Å². The molecule has 5 heteroatoms. The first kappa shape index (κ1) is 9.31. The van der Waals surface area contributed by atoms with E-state index in [9.17, 15) is 9.59 Å². The van der Waals surface area contributed by atoms with Crippen LogP contribution in [0.5, 0.6) is 0 Å². The van der Waals surface area contributed by atoms with Gasteiger partial charge in [-0.15, -0.1) is 0 Å². The monoisotopic (exact) mass is 106 g/mol. The third kappa shape index (κ3) is 4.90. The summed E-state index contributed by atoms with van der Waals surface area (Å²) in [5, 5.41) is 0. The zero-order valence-electron chi connectivity index (χ0n) is 3.97. The second-order valence-electron chi connectivity index (χ2n) is 0.729. The number of quaternary nitrogens is 1. The van der Waals surface area contributed by atoms with Crippen molar-refractivity contribution in [2.24, 2.45) is 11.5 Å². The molecule has 0 aliphatic rings. The molecule has 0 spiro atoms. The number of carbonyl (C=O) groups excluding carboxylic acids is 2. The summed E-state index contributed by atoms with van der Waals surface area (Å²) in [7, 11) is 0. The van der Waals surface area contributed by atoms with Gasteiger partial charge in [0.2, 0.25) is 0 Å². The van der Waals surface area contributed by atoms with Crippen LogP contribution in [0, 0.1) is 0 Å². The quantitative estimate of drug-likeness (QED) is 0.320. The van der Waals surface area contributed by atoms with Crippen LogP contribution in [-0.4, -0.2) is 11.8 Å². The Balaban J connectivity index is 0. The summed E-state index contributed by atoms with van der Waals surface area (Å²) in [5.74, 6) is -2.20. The average molecular weight is 106 g/mol. The lowest BCUT2D eigenvalue weighted by Gasteiger charge is -1.75. The van der Waals surface area contributed by atoms with Gasteiger partial charge in [-0.2, -0.15) is 0 Å². The van der Waals surface area contributed by atoms with E-state index in [1.165, 1.54) is 0 Å². The first-order valence-electron chi connectivity index (χ1n) is 1.24. The normalized spacial score (nSPS) is 6.29. The van der Waals surface area contributed by atoms with E-state index in [4.69, 9.17) is 0 Å². The van der Waals surface area contributed by atoms with Gasteiger partial charge in [0.25, 0.3) is 0 Å². The summed E-state index contributed by atoms with van der Waals surface area (Å²) >= 11 is 0. The summed E-state index contributed by atoms with van der Waals surface area (Å²) in [6.07, 6.45) is 0. The number of carbonyl (C=O) groups is 2. The molecule has 0 aliphatic heterocycles. The maximum Gasteiger partial charge on any atom is 0.306 e. The van der Waals surface area contributed by atoms with Gasteiger partial charge >= 0.3 is 11.8 Å². The van der Waals surface area contributed by atoms with Gasteiger partial charge in [-0.1, -0.05) is 0 Å². The SMILES string of the molecule is NC(=O)C(N)=O.[NH4+]. The van der Waals surface area contributed by atoms with E-state index < -0.39 is 11.8 Å². The van der Waals surface area contributed by atoms with Crippen molar-refractivity contribution in [2.45, 2.75) is 0 Å². The zero-order chi connectivity index (χ0) is 5.15. The molecule has 5 nitrogen and oxygen atoms in total. The molecule has 2 amide bonds. The predicted molar refractivity (Wildman–Crippen MR) is 24.4 cm³/mol. The molecule has 0 bridgehead atoms. The number of primary amides is 2. The maximum atomic E-state index is 9.45. The van der Waals surface area contributed by atoms with Crippen molar-refractivity contribution in [3.05, 3.63) is 0 Å². The van der Waals surface area contributed by atoms with Crippen molar-refractivity contribution in [3.63, 3.8) is 0 Å². The lowest BCUT2D eigenvalue weighted by atomic mass is 10.6. The fourth-order valence-electron chi connectivity index (χ4n) is 0. The molecule has 42 valence electrons. The second kappa shape index (κ2) is 3.10. The molecule has 0 aromatic carbocycles. The molecule has 7 heavy (non-hydrogen) atoms. The highest BCUT2D eigenvalue weighted by Crippen LogP contribution is 1.44. The molecule has 0 fully saturated rings. The summed E-state index contributed by atoms with van der Waals surface area (Å²) in [6, 6.07) is 0. The molecule has 0 aromatic heterocycles. The molecule has 0 aliphatic carbocycles. The van der Waals surface area contributed by atoms with Crippen LogP contribution in [0.3, 0.4) is 0 Å². The van der Waals surface area contributed by atoms with Gasteiger partial charge in [-0.3, -0.25) is 9.59 Å². The Labute approximate surface area is 40.2 Å². The molecule has 0 saturated carbocycles. The third-order valence-electron chi connectivity index (χ3n) is 0.243. The van der Waals surface area contributed by atoms with Crippen LogP contribution in [0.1, 0.15) is 0 Å². The standard InChI is InChI=1S/C2H4N2O2.H3N/c3-1(5)2(4)6;/h(H2,3,5)(H2,4,6);1H3/p+1. The van der Waals surface area contributed by atoms with Crippen molar-refractivity contribution in [1.29, 1.82) is 0 Å². The van der Waals surface area contributed by atoms with Gasteiger partial charge in [-0.05, 0) is 0 Å². The number of hydrogen-bond donors (Lipinski definition) is 3. The molecule has 0 atom stereocenters. The minimum absolute atomic E-state index is 0. The highest BCUT2D eigenvalue weighted by atomic mass is 16.2. The Bertz CT molecular complexity index is 76.9. The molecular weight excluding hydrogens is 98.0 g/mol. The van der Waals surface area contributed by atoms with Crippen LogP contribution in [0.15, 0.2) is 0 Å². The Hall–Kier alpha value is -1.10. The van der Waals surface area contributed by atoms with Crippen molar-refractivity contribution < 1.29 is 9.59 Å². The summed E-state index contributed by atoms with van der Waals surface area (Å²) in [5.41, 5.74) is 8.64. The smallest absolute Gasteiger partial charge is 0.306 e. The van der Waals surface area contributed by atoms with Gasteiger partial charge in [0.1, 0.15) is 0 Å². The number of amides is 2. The predicted octanol–water partition coefficient (Wildman–Crippen LogP) is -1.67. The largest absolute Gasteiger partial charge is 0.369 e. The van der Waals surface area contributed by atoms with Crippen molar-refractivity contribution in [2.75, 3.05) is 0 Å². The van der Waals surface area contributed by atoms with Gasteiger partial charge < -0.3 is 17.6 Å². The number of nitrogens with two attached hydrogens (primary N) is 2. The van der Waals surface area contributed by atoms with Crippen LogP contribution in [0.2, 0.25) is 0 Å². The van der Waals surface area contributed by atoms with E-state index in [2.05, 4.69) is 11.5 Å². The molecule has 8 N–H and O–H groups in total. The fraction of sp³-hybridized carbons (Fsp3) is 0. The van der Waals surface area contributed by atoms with Crippen molar-refractivity contribution in [3.8, 4) is 0 Å². The third-order valence-corrected chi connectivity index (χ3v) is 0.243. The van der Waals surface area contributed by atoms with Crippen LogP contribution >= 0.6 is 0 Å². The summed E-state index contributed by atoms with van der Waals surface area (Å²) in [4.78, 5) is 18.9. The Kier molecular flexibility index (Phi) is 4.13. The van der Waals surface area contributed by atoms with E-state index in [0.717, 1.165) is 0 Å². The van der Waals surface area contributed by atoms with E-state index in [-0.39, 0.29) is 6.15 Å². The average Bonchev–Trinajstić information content (AvgIpc) is 1.36. The molecule has 0 unspecified atom stereocenters. The van der Waals surface area contributed by atoms with Crippen molar-refractivity contribution >= 4 is 11.8 Å². The Morgan fingerprint density at radius 1 is 1.00 bits per heavy atom. The van der Waals surface area contributed by atoms with Crippen LogP contribution in [0.25, 0.3) is 0 Å². The molecule has 0 rings (SSSR count). The van der Waals surface area contributed by atoms with E-state index in [0.29, 0.717) is 0 Å². The lowest BCUT2D eigenvalue weighted by Crippen LogP contribution is -2.29. The molecule has 0 aromatic rings. The minimum Gasteiger partial charge on any atom is -0.369 e. The van der Waals surface area contributed by atoms with Crippen LogP contribution in [-0.2, 0) is 9.59 Å². The van der Waals surface area contributed by atoms with E-state index >= 15 is 0 Å². The number of hydrogen-bond acceptors (Lipinski definition) is 2. The zero-order valence-corrected chi connectivity index (χ0v) is 3.97. The fourth-order valence-corrected chi connectivity index (χ4v) is 0. The van der Waals surface area contributed by atoms with Gasteiger partial charge in [0, 0.05) is 0 Å². The Morgan fingerprint density at radius 3 is 1.14 bits per heavy atom. The maximum absolute atomic E-state index is 9.45. The molecule has 0 heterocycles. The summed E-state index contributed by atoms with van der Waals surface area (Å²) < 4.78 is 0. The Morgan fingerprint density at radius 2 is 1.14 bits per heavy atom. The van der Waals surface area contributed by atoms with Gasteiger partial charge in [-0.25, -0.2) is 0 Å². The van der Waals surface area contributed by atoms with E-state index in [1.54, 1.807) is 0 Å². The van der Waals surface area contributed by atoms with Crippen LogP contribution in [0.4, 0.5) is 0 Å².